The summed E-state index contributed by atoms with van der Waals surface area (Å²) in [6.45, 7) is 2.89. The fraction of sp³-hybridized carbons (Fsp3) is 0.267. The van der Waals surface area contributed by atoms with Gasteiger partial charge in [0.2, 0.25) is 0 Å². The number of aromatic nitrogens is 2. The lowest BCUT2D eigenvalue weighted by Crippen LogP contribution is -2.08. The third kappa shape index (κ3) is 2.80. The quantitative estimate of drug-likeness (QED) is 0.687. The van der Waals surface area contributed by atoms with Gasteiger partial charge in [0.15, 0.2) is 4.67 Å². The lowest BCUT2D eigenvalue weighted by molar-refractivity contribution is 0.145. The number of benzene rings is 1. The van der Waals surface area contributed by atoms with E-state index in [-0.39, 0.29) is 0 Å². The van der Waals surface area contributed by atoms with Crippen LogP contribution in [0, 0.1) is 0 Å². The van der Waals surface area contributed by atoms with Crippen molar-refractivity contribution in [2.24, 2.45) is 0 Å². The van der Waals surface area contributed by atoms with Crippen LogP contribution in [0.4, 0.5) is 0 Å². The van der Waals surface area contributed by atoms with Crippen LogP contribution >= 0.6 is 31.9 Å². The van der Waals surface area contributed by atoms with Gasteiger partial charge in [-0.3, -0.25) is 0 Å². The van der Waals surface area contributed by atoms with E-state index in [4.69, 9.17) is 4.42 Å². The molecule has 1 N–H and O–H groups in total. The van der Waals surface area contributed by atoms with Gasteiger partial charge in [-0.25, -0.2) is 4.98 Å². The summed E-state index contributed by atoms with van der Waals surface area (Å²) in [6.07, 6.45) is -0.315. The fourth-order valence-electron chi connectivity index (χ4n) is 2.44. The van der Waals surface area contributed by atoms with Gasteiger partial charge in [-0.2, -0.15) is 0 Å². The zero-order valence-electron chi connectivity index (χ0n) is 11.4. The molecule has 0 aliphatic rings. The van der Waals surface area contributed by atoms with Crippen LogP contribution in [0.2, 0.25) is 0 Å². The van der Waals surface area contributed by atoms with E-state index in [0.717, 1.165) is 27.9 Å². The van der Waals surface area contributed by atoms with Gasteiger partial charge < -0.3 is 14.1 Å². The van der Waals surface area contributed by atoms with Gasteiger partial charge in [0.05, 0.1) is 15.5 Å². The summed E-state index contributed by atoms with van der Waals surface area (Å²) in [7, 11) is 0. The number of aliphatic hydroxyl groups is 1. The average molecular weight is 414 g/mol. The Kier molecular flexibility index (Phi) is 4.19. The van der Waals surface area contributed by atoms with Crippen molar-refractivity contribution < 1.29 is 9.52 Å². The Labute approximate surface area is 139 Å². The first-order valence-electron chi connectivity index (χ1n) is 6.67. The maximum Gasteiger partial charge on any atom is 0.183 e. The maximum atomic E-state index is 10.4. The summed E-state index contributed by atoms with van der Waals surface area (Å²) < 4.78 is 8.97. The van der Waals surface area contributed by atoms with Crippen LogP contribution < -0.4 is 0 Å². The molecule has 0 amide bonds. The number of imidazole rings is 1. The zero-order chi connectivity index (χ0) is 15.0. The van der Waals surface area contributed by atoms with Crippen LogP contribution in [0.25, 0.3) is 11.0 Å². The molecule has 0 fully saturated rings. The van der Waals surface area contributed by atoms with Crippen molar-refractivity contribution in [1.82, 2.24) is 9.55 Å². The lowest BCUT2D eigenvalue weighted by atomic mass is 10.2. The van der Waals surface area contributed by atoms with Crippen molar-refractivity contribution >= 4 is 42.9 Å². The Bertz CT molecular complexity index is 760. The molecule has 0 aliphatic carbocycles. The van der Waals surface area contributed by atoms with E-state index in [1.54, 1.807) is 6.07 Å². The molecule has 0 bridgehead atoms. The lowest BCUT2D eigenvalue weighted by Gasteiger charge is -2.09. The summed E-state index contributed by atoms with van der Waals surface area (Å²) in [4.78, 5) is 4.62. The molecule has 3 aromatic rings. The second kappa shape index (κ2) is 5.94. The zero-order valence-corrected chi connectivity index (χ0v) is 14.6. The van der Waals surface area contributed by atoms with Gasteiger partial charge in [0.25, 0.3) is 0 Å². The number of hydrogen-bond acceptors (Lipinski definition) is 3. The number of nitrogens with zero attached hydrogens (tertiary/aromatic N) is 2. The van der Waals surface area contributed by atoms with Crippen molar-refractivity contribution in [3.8, 4) is 0 Å². The molecule has 0 aliphatic heterocycles. The van der Waals surface area contributed by atoms with Crippen molar-refractivity contribution in [3.63, 3.8) is 0 Å². The van der Waals surface area contributed by atoms with Crippen LogP contribution in [-0.2, 0) is 13.0 Å². The molecule has 2 aromatic heterocycles. The van der Waals surface area contributed by atoms with E-state index < -0.39 is 6.10 Å². The minimum Gasteiger partial charge on any atom is -0.450 e. The Morgan fingerprint density at radius 2 is 2.10 bits per heavy atom. The highest BCUT2D eigenvalue weighted by atomic mass is 79.9. The van der Waals surface area contributed by atoms with Gasteiger partial charge in [-0.15, -0.1) is 0 Å². The summed E-state index contributed by atoms with van der Waals surface area (Å²) in [6, 6.07) is 9.76. The molecular formula is C15H14Br2N2O2. The number of fused-ring (bicyclic) bond motifs is 1. The van der Waals surface area contributed by atoms with E-state index in [9.17, 15) is 5.11 Å². The molecular weight excluding hydrogens is 400 g/mol. The summed E-state index contributed by atoms with van der Waals surface area (Å²) in [5, 5.41) is 10.4. The molecule has 0 spiro atoms. The average Bonchev–Trinajstić information content (AvgIpc) is 2.99. The van der Waals surface area contributed by atoms with E-state index in [1.807, 2.05) is 24.3 Å². The molecule has 110 valence electrons. The normalized spacial score (nSPS) is 13.0. The van der Waals surface area contributed by atoms with E-state index >= 15 is 0 Å². The summed E-state index contributed by atoms with van der Waals surface area (Å²) in [5.74, 6) is 1.37. The Balaban J connectivity index is 1.93. The van der Waals surface area contributed by atoms with Crippen LogP contribution in [0.15, 0.2) is 43.9 Å². The van der Waals surface area contributed by atoms with Crippen molar-refractivity contribution in [2.75, 3.05) is 0 Å². The third-order valence-electron chi connectivity index (χ3n) is 3.42. The SMILES string of the molecule is CCn1c(CC(O)c2cc(Br)c(Br)o2)nc2ccccc21. The molecule has 0 saturated carbocycles. The van der Waals surface area contributed by atoms with E-state index in [2.05, 4.69) is 48.3 Å². The summed E-state index contributed by atoms with van der Waals surface area (Å²) in [5.41, 5.74) is 2.03. The highest BCUT2D eigenvalue weighted by molar-refractivity contribution is 9.13. The van der Waals surface area contributed by atoms with Crippen molar-refractivity contribution in [1.29, 1.82) is 0 Å². The number of para-hydroxylation sites is 2. The van der Waals surface area contributed by atoms with Gasteiger partial charge in [0, 0.05) is 13.0 Å². The van der Waals surface area contributed by atoms with E-state index in [0.29, 0.717) is 16.9 Å². The first-order chi connectivity index (χ1) is 10.1. The van der Waals surface area contributed by atoms with Gasteiger partial charge in [-0.05, 0) is 57.0 Å². The smallest absolute Gasteiger partial charge is 0.183 e. The minimum atomic E-state index is -0.727. The maximum absolute atomic E-state index is 10.4. The van der Waals surface area contributed by atoms with Crippen molar-refractivity contribution in [2.45, 2.75) is 26.0 Å². The van der Waals surface area contributed by atoms with Crippen molar-refractivity contribution in [3.05, 3.63) is 51.1 Å². The monoisotopic (exact) mass is 412 g/mol. The minimum absolute atomic E-state index is 0.412. The second-order valence-corrected chi connectivity index (χ2v) is 6.33. The fourth-order valence-corrected chi connectivity index (χ4v) is 3.04. The highest BCUT2D eigenvalue weighted by Crippen LogP contribution is 2.31. The Morgan fingerprint density at radius 1 is 1.33 bits per heavy atom. The molecule has 21 heavy (non-hydrogen) atoms. The first-order valence-corrected chi connectivity index (χ1v) is 8.25. The molecule has 1 atom stereocenters. The molecule has 1 unspecified atom stereocenters. The number of hydrogen-bond donors (Lipinski definition) is 1. The number of aliphatic hydroxyl groups excluding tert-OH is 1. The molecule has 1 aromatic carbocycles. The topological polar surface area (TPSA) is 51.2 Å². The Morgan fingerprint density at radius 3 is 2.76 bits per heavy atom. The Hall–Kier alpha value is -1.11. The molecule has 4 nitrogen and oxygen atoms in total. The highest BCUT2D eigenvalue weighted by Gasteiger charge is 2.19. The van der Waals surface area contributed by atoms with Gasteiger partial charge >= 0.3 is 0 Å². The number of rotatable bonds is 4. The molecule has 0 saturated heterocycles. The summed E-state index contributed by atoms with van der Waals surface area (Å²) >= 11 is 6.63. The number of halogens is 2. The predicted octanol–water partition coefficient (Wildman–Crippen LogP) is 4.45. The predicted molar refractivity (Wildman–Crippen MR) is 88.2 cm³/mol. The number of aryl methyl sites for hydroxylation is 1. The van der Waals surface area contributed by atoms with Gasteiger partial charge in [0.1, 0.15) is 17.7 Å². The number of furan rings is 1. The third-order valence-corrected chi connectivity index (χ3v) is 5.13. The molecule has 2 heterocycles. The van der Waals surface area contributed by atoms with E-state index in [1.165, 1.54) is 0 Å². The van der Waals surface area contributed by atoms with Crippen LogP contribution in [0.5, 0.6) is 0 Å². The molecule has 0 radical (unpaired) electrons. The second-order valence-electron chi connectivity index (χ2n) is 4.75. The molecule has 6 heteroatoms. The first kappa shape index (κ1) is 14.8. The molecule has 3 rings (SSSR count). The van der Waals surface area contributed by atoms with Crippen LogP contribution in [-0.4, -0.2) is 14.7 Å². The standard InChI is InChI=1S/C15H14Br2N2O2/c1-2-19-11-6-4-3-5-10(11)18-14(19)8-12(20)13-7-9(16)15(17)21-13/h3-7,12,20H,2,8H2,1H3. The van der Waals surface area contributed by atoms with Gasteiger partial charge in [-0.1, -0.05) is 12.1 Å². The largest absolute Gasteiger partial charge is 0.450 e. The van der Waals surface area contributed by atoms with Crippen LogP contribution in [0.3, 0.4) is 0 Å². The van der Waals surface area contributed by atoms with Crippen LogP contribution in [0.1, 0.15) is 24.6 Å².